The summed E-state index contributed by atoms with van der Waals surface area (Å²) in [7, 11) is 0. The Bertz CT molecular complexity index is 558. The first-order valence-corrected chi connectivity index (χ1v) is 7.60. The molecule has 0 amide bonds. The van der Waals surface area contributed by atoms with Gasteiger partial charge in [0.05, 0.1) is 16.8 Å². The first kappa shape index (κ1) is 15.1. The number of thiazole rings is 1. The molecular weight excluding hydrogens is 275 g/mol. The van der Waals surface area contributed by atoms with Gasteiger partial charge < -0.3 is 10.4 Å². The SMILES string of the molecule is CCc1nc([C@@H](C)NC[C@H](O)c2ccccc2F)cs1. The third kappa shape index (κ3) is 3.62. The van der Waals surface area contributed by atoms with E-state index < -0.39 is 6.10 Å². The number of nitrogens with zero attached hydrogens (tertiary/aromatic N) is 1. The number of benzene rings is 1. The molecule has 0 radical (unpaired) electrons. The second-order valence-corrected chi connectivity index (χ2v) is 5.63. The molecule has 0 aliphatic heterocycles. The fraction of sp³-hybridized carbons (Fsp3) is 0.400. The van der Waals surface area contributed by atoms with Gasteiger partial charge in [0.25, 0.3) is 0 Å². The average molecular weight is 294 g/mol. The minimum atomic E-state index is -0.858. The van der Waals surface area contributed by atoms with Gasteiger partial charge in [-0.1, -0.05) is 25.1 Å². The lowest BCUT2D eigenvalue weighted by Gasteiger charge is -2.16. The molecule has 3 nitrogen and oxygen atoms in total. The second-order valence-electron chi connectivity index (χ2n) is 4.69. The van der Waals surface area contributed by atoms with Crippen molar-refractivity contribution in [1.82, 2.24) is 10.3 Å². The van der Waals surface area contributed by atoms with E-state index in [0.29, 0.717) is 12.1 Å². The summed E-state index contributed by atoms with van der Waals surface area (Å²) in [4.78, 5) is 4.50. The highest BCUT2D eigenvalue weighted by atomic mass is 32.1. The highest BCUT2D eigenvalue weighted by Crippen LogP contribution is 2.19. The van der Waals surface area contributed by atoms with E-state index in [4.69, 9.17) is 0 Å². The maximum atomic E-state index is 13.5. The largest absolute Gasteiger partial charge is 0.387 e. The van der Waals surface area contributed by atoms with Gasteiger partial charge in [-0.25, -0.2) is 9.37 Å². The summed E-state index contributed by atoms with van der Waals surface area (Å²) >= 11 is 1.64. The predicted octanol–water partition coefficient (Wildman–Crippen LogP) is 3.23. The number of hydrogen-bond acceptors (Lipinski definition) is 4. The zero-order valence-electron chi connectivity index (χ0n) is 11.6. The third-order valence-electron chi connectivity index (χ3n) is 3.20. The van der Waals surface area contributed by atoms with E-state index in [1.165, 1.54) is 6.07 Å². The average Bonchev–Trinajstić information content (AvgIpc) is 2.94. The first-order valence-electron chi connectivity index (χ1n) is 6.72. The van der Waals surface area contributed by atoms with Crippen LogP contribution in [0.4, 0.5) is 4.39 Å². The van der Waals surface area contributed by atoms with Crippen LogP contribution in [0.3, 0.4) is 0 Å². The molecule has 2 N–H and O–H groups in total. The van der Waals surface area contributed by atoms with Crippen LogP contribution in [0.15, 0.2) is 29.6 Å². The maximum Gasteiger partial charge on any atom is 0.129 e. The van der Waals surface area contributed by atoms with Crippen LogP contribution in [0.25, 0.3) is 0 Å². The van der Waals surface area contributed by atoms with Crippen LogP contribution in [0.5, 0.6) is 0 Å². The lowest BCUT2D eigenvalue weighted by molar-refractivity contribution is 0.166. The number of nitrogens with one attached hydrogen (secondary N) is 1. The topological polar surface area (TPSA) is 45.2 Å². The van der Waals surface area contributed by atoms with Crippen molar-refractivity contribution in [3.8, 4) is 0 Å². The Hall–Kier alpha value is -1.30. The molecule has 0 saturated carbocycles. The van der Waals surface area contributed by atoms with Crippen LogP contribution < -0.4 is 5.32 Å². The summed E-state index contributed by atoms with van der Waals surface area (Å²) in [6.45, 7) is 4.35. The lowest BCUT2D eigenvalue weighted by Crippen LogP contribution is -2.25. The molecule has 1 aromatic heterocycles. The quantitative estimate of drug-likeness (QED) is 0.860. The van der Waals surface area contributed by atoms with E-state index in [2.05, 4.69) is 17.2 Å². The van der Waals surface area contributed by atoms with Crippen LogP contribution in [0, 0.1) is 5.82 Å². The lowest BCUT2D eigenvalue weighted by atomic mass is 10.1. The monoisotopic (exact) mass is 294 g/mol. The van der Waals surface area contributed by atoms with Gasteiger partial charge in [-0.3, -0.25) is 0 Å². The van der Waals surface area contributed by atoms with Crippen molar-refractivity contribution in [2.75, 3.05) is 6.54 Å². The molecule has 0 aliphatic rings. The molecule has 2 rings (SSSR count). The van der Waals surface area contributed by atoms with E-state index in [1.807, 2.05) is 12.3 Å². The highest BCUT2D eigenvalue weighted by Gasteiger charge is 2.15. The third-order valence-corrected chi connectivity index (χ3v) is 4.21. The Morgan fingerprint density at radius 3 is 2.80 bits per heavy atom. The van der Waals surface area contributed by atoms with Gasteiger partial charge in [-0.15, -0.1) is 11.3 Å². The van der Waals surface area contributed by atoms with E-state index in [9.17, 15) is 9.50 Å². The Labute approximate surface area is 122 Å². The van der Waals surface area contributed by atoms with Gasteiger partial charge >= 0.3 is 0 Å². The summed E-state index contributed by atoms with van der Waals surface area (Å²) in [5.74, 6) is -0.378. The zero-order chi connectivity index (χ0) is 14.5. The van der Waals surface area contributed by atoms with Crippen molar-refractivity contribution < 1.29 is 9.50 Å². The molecule has 0 unspecified atom stereocenters. The Morgan fingerprint density at radius 2 is 2.15 bits per heavy atom. The van der Waals surface area contributed by atoms with E-state index in [-0.39, 0.29) is 11.9 Å². The molecular formula is C15H19FN2OS. The molecule has 0 saturated heterocycles. The van der Waals surface area contributed by atoms with E-state index >= 15 is 0 Å². The summed E-state index contributed by atoms with van der Waals surface area (Å²) < 4.78 is 13.5. The van der Waals surface area contributed by atoms with E-state index in [0.717, 1.165) is 17.1 Å². The standard InChI is InChI=1S/C15H19FN2OS/c1-3-15-18-13(9-20-15)10(2)17-8-14(19)11-6-4-5-7-12(11)16/h4-7,9-10,14,17,19H,3,8H2,1-2H3/t10-,14+/m1/s1. The number of hydrogen-bond donors (Lipinski definition) is 2. The normalized spacial score (nSPS) is 14.2. The molecule has 20 heavy (non-hydrogen) atoms. The van der Waals surface area contributed by atoms with Crippen molar-refractivity contribution in [1.29, 1.82) is 0 Å². The second kappa shape index (κ2) is 6.92. The van der Waals surface area contributed by atoms with Crippen LogP contribution in [-0.2, 0) is 6.42 Å². The summed E-state index contributed by atoms with van der Waals surface area (Å²) in [6.07, 6.45) is 0.0674. The van der Waals surface area contributed by atoms with Crippen LogP contribution in [0.1, 0.15) is 42.3 Å². The van der Waals surface area contributed by atoms with Crippen LogP contribution in [0.2, 0.25) is 0 Å². The Balaban J connectivity index is 1.93. The Kier molecular flexibility index (Phi) is 5.23. The van der Waals surface area contributed by atoms with Gasteiger partial charge in [0.2, 0.25) is 0 Å². The Morgan fingerprint density at radius 1 is 1.40 bits per heavy atom. The molecule has 0 bridgehead atoms. The van der Waals surface area contributed by atoms with Gasteiger partial charge in [0, 0.05) is 23.5 Å². The van der Waals surface area contributed by atoms with Crippen molar-refractivity contribution in [2.24, 2.45) is 0 Å². The maximum absolute atomic E-state index is 13.5. The number of aliphatic hydroxyl groups excluding tert-OH is 1. The number of aryl methyl sites for hydroxylation is 1. The molecule has 1 aromatic carbocycles. The van der Waals surface area contributed by atoms with Gasteiger partial charge in [0.1, 0.15) is 5.82 Å². The minimum absolute atomic E-state index is 0.0352. The van der Waals surface area contributed by atoms with Crippen LogP contribution >= 0.6 is 11.3 Å². The molecule has 5 heteroatoms. The summed E-state index contributed by atoms with van der Waals surface area (Å²) in [5.41, 5.74) is 1.28. The van der Waals surface area contributed by atoms with Crippen molar-refractivity contribution in [2.45, 2.75) is 32.4 Å². The van der Waals surface area contributed by atoms with E-state index in [1.54, 1.807) is 29.5 Å². The van der Waals surface area contributed by atoms with Crippen molar-refractivity contribution >= 4 is 11.3 Å². The van der Waals surface area contributed by atoms with Gasteiger partial charge in [-0.2, -0.15) is 0 Å². The minimum Gasteiger partial charge on any atom is -0.387 e. The zero-order valence-corrected chi connectivity index (χ0v) is 12.5. The molecule has 1 heterocycles. The molecule has 0 spiro atoms. The highest BCUT2D eigenvalue weighted by molar-refractivity contribution is 7.09. The molecule has 2 aromatic rings. The fourth-order valence-electron chi connectivity index (χ4n) is 1.93. The fourth-order valence-corrected chi connectivity index (χ4v) is 2.77. The molecule has 108 valence electrons. The predicted molar refractivity (Wildman–Crippen MR) is 79.3 cm³/mol. The number of halogens is 1. The van der Waals surface area contributed by atoms with Gasteiger partial charge in [0.15, 0.2) is 0 Å². The molecule has 0 fully saturated rings. The number of aliphatic hydroxyl groups is 1. The van der Waals surface area contributed by atoms with Crippen LogP contribution in [-0.4, -0.2) is 16.6 Å². The smallest absolute Gasteiger partial charge is 0.129 e. The van der Waals surface area contributed by atoms with Crippen molar-refractivity contribution in [3.05, 3.63) is 51.7 Å². The van der Waals surface area contributed by atoms with Crippen molar-refractivity contribution in [3.63, 3.8) is 0 Å². The molecule has 2 atom stereocenters. The summed E-state index contributed by atoms with van der Waals surface area (Å²) in [6, 6.07) is 6.33. The molecule has 0 aliphatic carbocycles. The number of aromatic nitrogens is 1. The first-order chi connectivity index (χ1) is 9.61. The number of rotatable bonds is 6. The summed E-state index contributed by atoms with van der Waals surface area (Å²) in [5, 5.41) is 16.3. The van der Waals surface area contributed by atoms with Gasteiger partial charge in [-0.05, 0) is 19.4 Å².